The summed E-state index contributed by atoms with van der Waals surface area (Å²) in [5, 5.41) is 3.30. The Morgan fingerprint density at radius 1 is 1.26 bits per heavy atom. The quantitative estimate of drug-likeness (QED) is 0.749. The second-order valence-electron chi connectivity index (χ2n) is 6.28. The van der Waals surface area contributed by atoms with E-state index in [0.29, 0.717) is 0 Å². The number of carbonyl (C=O) groups is 1. The predicted molar refractivity (Wildman–Crippen MR) is 78.1 cm³/mol. The van der Waals surface area contributed by atoms with Crippen molar-refractivity contribution >= 4 is 5.97 Å². The van der Waals surface area contributed by atoms with Gasteiger partial charge in [0.25, 0.3) is 0 Å². The first-order valence-electron chi connectivity index (χ1n) is 7.50. The Kier molecular flexibility index (Phi) is 6.80. The van der Waals surface area contributed by atoms with Gasteiger partial charge in [-0.15, -0.1) is 0 Å². The van der Waals surface area contributed by atoms with Crippen molar-refractivity contribution in [3.05, 3.63) is 0 Å². The summed E-state index contributed by atoms with van der Waals surface area (Å²) in [5.74, 6) is 1.46. The lowest BCUT2D eigenvalue weighted by Gasteiger charge is -2.35. The highest BCUT2D eigenvalue weighted by molar-refractivity contribution is 5.76. The zero-order chi connectivity index (χ0) is 14.4. The van der Waals surface area contributed by atoms with Gasteiger partial charge in [0, 0.05) is 12.6 Å². The smallest absolute Gasteiger partial charge is 0.324 e. The maximum Gasteiger partial charge on any atom is 0.324 e. The summed E-state index contributed by atoms with van der Waals surface area (Å²) in [6, 6.07) is 0.0814. The SMILES string of the molecule is COC(=O)C(CN1CCC(C(C)C)CC1)NC(C)C. The van der Waals surface area contributed by atoms with E-state index < -0.39 is 0 Å². The molecule has 0 spiro atoms. The van der Waals surface area contributed by atoms with Gasteiger partial charge < -0.3 is 15.0 Å². The molecule has 1 saturated heterocycles. The van der Waals surface area contributed by atoms with Gasteiger partial charge in [0.05, 0.1) is 7.11 Å². The number of hydrogen-bond acceptors (Lipinski definition) is 4. The normalized spacial score (nSPS) is 19.9. The third kappa shape index (κ3) is 5.49. The average Bonchev–Trinajstić information content (AvgIpc) is 2.37. The van der Waals surface area contributed by atoms with Gasteiger partial charge in [-0.05, 0) is 37.8 Å². The van der Waals surface area contributed by atoms with E-state index in [1.54, 1.807) is 0 Å². The Morgan fingerprint density at radius 2 is 1.84 bits per heavy atom. The average molecular weight is 270 g/mol. The zero-order valence-corrected chi connectivity index (χ0v) is 13.1. The second-order valence-corrected chi connectivity index (χ2v) is 6.28. The van der Waals surface area contributed by atoms with E-state index >= 15 is 0 Å². The number of esters is 1. The molecule has 1 aliphatic heterocycles. The lowest BCUT2D eigenvalue weighted by atomic mass is 9.86. The van der Waals surface area contributed by atoms with Crippen molar-refractivity contribution in [3.63, 3.8) is 0 Å². The lowest BCUT2D eigenvalue weighted by molar-refractivity contribution is -0.144. The first-order valence-corrected chi connectivity index (χ1v) is 7.50. The van der Waals surface area contributed by atoms with Gasteiger partial charge in [0.1, 0.15) is 6.04 Å². The molecule has 0 bridgehead atoms. The van der Waals surface area contributed by atoms with Crippen molar-refractivity contribution in [2.45, 2.75) is 52.6 Å². The number of hydrogen-bond donors (Lipinski definition) is 1. The van der Waals surface area contributed by atoms with E-state index in [1.807, 2.05) is 0 Å². The van der Waals surface area contributed by atoms with Crippen LogP contribution in [-0.4, -0.2) is 49.7 Å². The molecule has 1 heterocycles. The van der Waals surface area contributed by atoms with Crippen molar-refractivity contribution in [3.8, 4) is 0 Å². The van der Waals surface area contributed by atoms with E-state index in [1.165, 1.54) is 20.0 Å². The molecule has 4 nitrogen and oxygen atoms in total. The van der Waals surface area contributed by atoms with Crippen molar-refractivity contribution in [1.29, 1.82) is 0 Å². The maximum atomic E-state index is 11.8. The number of nitrogens with zero attached hydrogens (tertiary/aromatic N) is 1. The van der Waals surface area contributed by atoms with Crippen LogP contribution in [0.5, 0.6) is 0 Å². The van der Waals surface area contributed by atoms with Crippen molar-refractivity contribution in [1.82, 2.24) is 10.2 Å². The molecule has 1 unspecified atom stereocenters. The summed E-state index contributed by atoms with van der Waals surface area (Å²) in [4.78, 5) is 14.2. The van der Waals surface area contributed by atoms with Crippen molar-refractivity contribution < 1.29 is 9.53 Å². The summed E-state index contributed by atoms with van der Waals surface area (Å²) in [5.41, 5.74) is 0. The first kappa shape index (κ1) is 16.4. The van der Waals surface area contributed by atoms with Crippen LogP contribution in [-0.2, 0) is 9.53 Å². The minimum Gasteiger partial charge on any atom is -0.468 e. The van der Waals surface area contributed by atoms with Crippen LogP contribution in [0.1, 0.15) is 40.5 Å². The van der Waals surface area contributed by atoms with Gasteiger partial charge in [-0.3, -0.25) is 4.79 Å². The van der Waals surface area contributed by atoms with Crippen LogP contribution in [0.25, 0.3) is 0 Å². The van der Waals surface area contributed by atoms with Gasteiger partial charge in [-0.2, -0.15) is 0 Å². The Morgan fingerprint density at radius 3 is 2.26 bits per heavy atom. The molecule has 0 saturated carbocycles. The molecule has 0 amide bonds. The third-order valence-electron chi connectivity index (χ3n) is 4.04. The third-order valence-corrected chi connectivity index (χ3v) is 4.04. The molecule has 1 N–H and O–H groups in total. The number of likely N-dealkylation sites (tertiary alicyclic amines) is 1. The topological polar surface area (TPSA) is 41.6 Å². The molecule has 0 aromatic heterocycles. The van der Waals surface area contributed by atoms with Gasteiger partial charge in [-0.1, -0.05) is 27.7 Å². The number of rotatable bonds is 6. The Balaban J connectivity index is 2.45. The van der Waals surface area contributed by atoms with Crippen LogP contribution in [0.4, 0.5) is 0 Å². The number of carbonyl (C=O) groups excluding carboxylic acids is 1. The Hall–Kier alpha value is -0.610. The van der Waals surface area contributed by atoms with Crippen LogP contribution in [0.15, 0.2) is 0 Å². The monoisotopic (exact) mass is 270 g/mol. The number of ether oxygens (including phenoxy) is 1. The summed E-state index contributed by atoms with van der Waals surface area (Å²) in [6.45, 7) is 11.7. The van der Waals surface area contributed by atoms with Gasteiger partial charge in [-0.25, -0.2) is 0 Å². The van der Waals surface area contributed by atoms with E-state index in [9.17, 15) is 4.79 Å². The molecule has 1 fully saturated rings. The largest absolute Gasteiger partial charge is 0.468 e. The number of piperidine rings is 1. The van der Waals surface area contributed by atoms with Crippen LogP contribution >= 0.6 is 0 Å². The maximum absolute atomic E-state index is 11.8. The zero-order valence-electron chi connectivity index (χ0n) is 13.1. The summed E-state index contributed by atoms with van der Waals surface area (Å²) in [6.07, 6.45) is 2.49. The van der Waals surface area contributed by atoms with Crippen molar-refractivity contribution in [2.24, 2.45) is 11.8 Å². The molecular formula is C15H30N2O2. The number of nitrogens with one attached hydrogen (secondary N) is 1. The molecular weight excluding hydrogens is 240 g/mol. The van der Waals surface area contributed by atoms with E-state index in [2.05, 4.69) is 37.9 Å². The molecule has 19 heavy (non-hydrogen) atoms. The molecule has 0 radical (unpaired) electrons. The minimum atomic E-state index is -0.208. The molecule has 112 valence electrons. The molecule has 0 aromatic carbocycles. The second kappa shape index (κ2) is 7.85. The highest BCUT2D eigenvalue weighted by atomic mass is 16.5. The number of methoxy groups -OCH3 is 1. The van der Waals surface area contributed by atoms with Gasteiger partial charge >= 0.3 is 5.97 Å². The van der Waals surface area contributed by atoms with Gasteiger partial charge in [0.2, 0.25) is 0 Å². The fourth-order valence-corrected chi connectivity index (χ4v) is 2.80. The summed E-state index contributed by atoms with van der Waals surface area (Å²) >= 11 is 0. The molecule has 1 rings (SSSR count). The van der Waals surface area contributed by atoms with Crippen LogP contribution in [0.3, 0.4) is 0 Å². The highest BCUT2D eigenvalue weighted by Gasteiger charge is 2.27. The van der Waals surface area contributed by atoms with E-state index in [-0.39, 0.29) is 18.1 Å². The van der Waals surface area contributed by atoms with Crippen LogP contribution in [0.2, 0.25) is 0 Å². The molecule has 0 aliphatic carbocycles. The van der Waals surface area contributed by atoms with E-state index in [0.717, 1.165) is 31.5 Å². The predicted octanol–water partition coefficient (Wildman–Crippen LogP) is 1.89. The molecule has 0 aromatic rings. The minimum absolute atomic E-state index is 0.153. The van der Waals surface area contributed by atoms with Gasteiger partial charge in [0.15, 0.2) is 0 Å². The highest BCUT2D eigenvalue weighted by Crippen LogP contribution is 2.24. The van der Waals surface area contributed by atoms with Crippen LogP contribution in [0, 0.1) is 11.8 Å². The fraction of sp³-hybridized carbons (Fsp3) is 0.933. The molecule has 1 aliphatic rings. The Bertz CT molecular complexity index is 271. The van der Waals surface area contributed by atoms with Crippen LogP contribution < -0.4 is 5.32 Å². The molecule has 1 atom stereocenters. The summed E-state index contributed by atoms with van der Waals surface area (Å²) in [7, 11) is 1.46. The van der Waals surface area contributed by atoms with E-state index in [4.69, 9.17) is 4.74 Å². The lowest BCUT2D eigenvalue weighted by Crippen LogP contribution is -2.50. The summed E-state index contributed by atoms with van der Waals surface area (Å²) < 4.78 is 4.89. The molecule has 4 heteroatoms. The first-order chi connectivity index (χ1) is 8.93. The Labute approximate surface area is 117 Å². The standard InChI is InChI=1S/C15H30N2O2/c1-11(2)13-6-8-17(9-7-13)10-14(15(18)19-5)16-12(3)4/h11-14,16H,6-10H2,1-5H3. The van der Waals surface area contributed by atoms with Crippen molar-refractivity contribution in [2.75, 3.05) is 26.7 Å². The fourth-order valence-electron chi connectivity index (χ4n) is 2.80.